The Morgan fingerprint density at radius 1 is 1.57 bits per heavy atom. The third kappa shape index (κ3) is 1.26. The number of nitrogens with zero attached hydrogens (tertiary/aromatic N) is 2. The van der Waals surface area contributed by atoms with E-state index in [0.29, 0.717) is 5.82 Å². The molecule has 0 atom stereocenters. The van der Waals surface area contributed by atoms with Crippen LogP contribution in [0.2, 0.25) is 0 Å². The van der Waals surface area contributed by atoms with E-state index in [0.717, 1.165) is 15.7 Å². The van der Waals surface area contributed by atoms with Crippen molar-refractivity contribution >= 4 is 27.2 Å². The van der Waals surface area contributed by atoms with E-state index in [1.165, 1.54) is 6.92 Å². The van der Waals surface area contributed by atoms with E-state index in [2.05, 4.69) is 20.9 Å². The van der Waals surface area contributed by atoms with Crippen molar-refractivity contribution in [2.75, 3.05) is 0 Å². The predicted molar refractivity (Wildman–Crippen MR) is 57.6 cm³/mol. The highest BCUT2D eigenvalue weighted by Gasteiger charge is 2.13. The Morgan fingerprint density at radius 2 is 2.29 bits per heavy atom. The third-order valence-electron chi connectivity index (χ3n) is 2.14. The summed E-state index contributed by atoms with van der Waals surface area (Å²) in [7, 11) is 0. The second-order valence-electron chi connectivity index (χ2n) is 3.19. The van der Waals surface area contributed by atoms with Gasteiger partial charge in [0.05, 0.1) is 5.52 Å². The normalized spacial score (nSPS) is 10.8. The highest BCUT2D eigenvalue weighted by molar-refractivity contribution is 9.10. The number of hydrogen-bond donors (Lipinski definition) is 0. The summed E-state index contributed by atoms with van der Waals surface area (Å²) in [6.07, 6.45) is 1.84. The summed E-state index contributed by atoms with van der Waals surface area (Å²) in [6.45, 7) is 3.51. The third-order valence-corrected chi connectivity index (χ3v) is 2.69. The van der Waals surface area contributed by atoms with E-state index in [-0.39, 0.29) is 5.78 Å². The van der Waals surface area contributed by atoms with Gasteiger partial charge in [-0.1, -0.05) is 6.07 Å². The van der Waals surface area contributed by atoms with Gasteiger partial charge in [0.15, 0.2) is 11.6 Å². The Morgan fingerprint density at radius 3 is 2.93 bits per heavy atom. The summed E-state index contributed by atoms with van der Waals surface area (Å²) in [5, 5.41) is 0. The molecule has 2 aromatic heterocycles. The van der Waals surface area contributed by atoms with Crippen molar-refractivity contribution in [3.8, 4) is 0 Å². The quantitative estimate of drug-likeness (QED) is 0.732. The fraction of sp³-hybridized carbons (Fsp3) is 0.200. The van der Waals surface area contributed by atoms with E-state index < -0.39 is 0 Å². The number of pyridine rings is 1. The number of carbonyl (C=O) groups excluding carboxylic acids is 1. The second-order valence-corrected chi connectivity index (χ2v) is 3.94. The van der Waals surface area contributed by atoms with Crippen molar-refractivity contribution in [1.82, 2.24) is 9.38 Å². The van der Waals surface area contributed by atoms with Crippen molar-refractivity contribution in [2.45, 2.75) is 13.8 Å². The molecule has 0 saturated carbocycles. The maximum absolute atomic E-state index is 11.3. The van der Waals surface area contributed by atoms with Crippen LogP contribution in [0.25, 0.3) is 5.52 Å². The van der Waals surface area contributed by atoms with Gasteiger partial charge in [-0.05, 0) is 34.5 Å². The van der Waals surface area contributed by atoms with E-state index in [9.17, 15) is 4.79 Å². The molecule has 4 heteroatoms. The van der Waals surface area contributed by atoms with Crippen LogP contribution in [0.5, 0.6) is 0 Å². The van der Waals surface area contributed by atoms with Gasteiger partial charge in [0, 0.05) is 13.1 Å². The fourth-order valence-corrected chi connectivity index (χ4v) is 2.18. The summed E-state index contributed by atoms with van der Waals surface area (Å²) in [5.74, 6) is 0.437. The van der Waals surface area contributed by atoms with Crippen LogP contribution >= 0.6 is 15.9 Å². The molecular weight excluding hydrogens is 244 g/mol. The van der Waals surface area contributed by atoms with Crippen LogP contribution < -0.4 is 0 Å². The lowest BCUT2D eigenvalue weighted by molar-refractivity contribution is 0.100. The molecule has 0 bridgehead atoms. The van der Waals surface area contributed by atoms with Crippen molar-refractivity contribution < 1.29 is 4.79 Å². The number of aryl methyl sites for hydroxylation is 1. The smallest absolute Gasteiger partial charge is 0.195 e. The van der Waals surface area contributed by atoms with Crippen LogP contribution in [0.1, 0.15) is 23.1 Å². The number of Topliss-reactive ketones (excluding diaryl/α,β-unsaturated/α-hetero) is 1. The molecule has 0 amide bonds. The van der Waals surface area contributed by atoms with Crippen molar-refractivity contribution in [2.24, 2.45) is 0 Å². The van der Waals surface area contributed by atoms with Gasteiger partial charge in [0.25, 0.3) is 0 Å². The molecule has 0 aliphatic carbocycles. The van der Waals surface area contributed by atoms with Gasteiger partial charge in [0.1, 0.15) is 4.60 Å². The van der Waals surface area contributed by atoms with Gasteiger partial charge in [-0.25, -0.2) is 4.98 Å². The zero-order valence-electron chi connectivity index (χ0n) is 7.91. The number of ketones is 1. The van der Waals surface area contributed by atoms with Crippen LogP contribution in [0.15, 0.2) is 22.9 Å². The lowest BCUT2D eigenvalue weighted by atomic mass is 10.2. The Bertz CT molecular complexity index is 516. The number of halogens is 1. The number of imidazole rings is 1. The SMILES string of the molecule is CC(=O)c1nc(Br)c2c(C)cccn12. The minimum Gasteiger partial charge on any atom is -0.296 e. The lowest BCUT2D eigenvalue weighted by Crippen LogP contribution is -2.00. The second kappa shape index (κ2) is 3.20. The minimum absolute atomic E-state index is 0.0312. The van der Waals surface area contributed by atoms with E-state index in [1.807, 2.05) is 29.7 Å². The molecule has 2 aromatic rings. The van der Waals surface area contributed by atoms with Crippen molar-refractivity contribution in [3.63, 3.8) is 0 Å². The average molecular weight is 253 g/mol. The fourth-order valence-electron chi connectivity index (χ4n) is 1.50. The average Bonchev–Trinajstić information content (AvgIpc) is 2.45. The Kier molecular flexibility index (Phi) is 2.15. The number of fused-ring (bicyclic) bond motifs is 1. The first-order chi connectivity index (χ1) is 6.61. The predicted octanol–water partition coefficient (Wildman–Crippen LogP) is 2.61. The molecule has 0 radical (unpaired) electrons. The molecule has 2 rings (SSSR count). The number of carbonyl (C=O) groups is 1. The van der Waals surface area contributed by atoms with E-state index >= 15 is 0 Å². The number of aromatic nitrogens is 2. The summed E-state index contributed by atoms with van der Waals surface area (Å²) < 4.78 is 2.53. The summed E-state index contributed by atoms with van der Waals surface area (Å²) in [4.78, 5) is 15.5. The van der Waals surface area contributed by atoms with Crippen LogP contribution in [0.3, 0.4) is 0 Å². The van der Waals surface area contributed by atoms with Crippen molar-refractivity contribution in [1.29, 1.82) is 0 Å². The molecular formula is C10H9BrN2O. The van der Waals surface area contributed by atoms with Gasteiger partial charge < -0.3 is 0 Å². The first-order valence-corrected chi connectivity index (χ1v) is 5.04. The molecule has 0 spiro atoms. The molecule has 0 N–H and O–H groups in total. The van der Waals surface area contributed by atoms with Crippen LogP contribution in [-0.2, 0) is 0 Å². The van der Waals surface area contributed by atoms with Gasteiger partial charge in [-0.2, -0.15) is 0 Å². The highest BCUT2D eigenvalue weighted by Crippen LogP contribution is 2.22. The Hall–Kier alpha value is -1.16. The molecule has 72 valence electrons. The Balaban J connectivity index is 2.91. The Labute approximate surface area is 89.9 Å². The maximum Gasteiger partial charge on any atom is 0.195 e. The highest BCUT2D eigenvalue weighted by atomic mass is 79.9. The number of hydrogen-bond acceptors (Lipinski definition) is 2. The summed E-state index contributed by atoms with van der Waals surface area (Å²) in [5.41, 5.74) is 2.05. The minimum atomic E-state index is -0.0312. The monoisotopic (exact) mass is 252 g/mol. The molecule has 2 heterocycles. The van der Waals surface area contributed by atoms with Crippen LogP contribution in [0.4, 0.5) is 0 Å². The topological polar surface area (TPSA) is 34.4 Å². The van der Waals surface area contributed by atoms with Crippen LogP contribution in [-0.4, -0.2) is 15.2 Å². The standard InChI is InChI=1S/C10H9BrN2O/c1-6-4-3-5-13-8(6)9(11)12-10(13)7(2)14/h3-5H,1-2H3. The van der Waals surface area contributed by atoms with Gasteiger partial charge in [-0.3, -0.25) is 9.20 Å². The van der Waals surface area contributed by atoms with Crippen LogP contribution in [0, 0.1) is 6.92 Å². The van der Waals surface area contributed by atoms with Gasteiger partial charge in [-0.15, -0.1) is 0 Å². The summed E-state index contributed by atoms with van der Waals surface area (Å²) in [6, 6.07) is 3.90. The zero-order chi connectivity index (χ0) is 10.3. The molecule has 0 aliphatic rings. The zero-order valence-corrected chi connectivity index (χ0v) is 9.50. The molecule has 0 saturated heterocycles. The first kappa shape index (κ1) is 9.40. The summed E-state index contributed by atoms with van der Waals surface area (Å²) >= 11 is 3.35. The molecule has 0 aliphatic heterocycles. The van der Waals surface area contributed by atoms with Crippen molar-refractivity contribution in [3.05, 3.63) is 34.3 Å². The van der Waals surface area contributed by atoms with Gasteiger partial charge >= 0.3 is 0 Å². The maximum atomic E-state index is 11.3. The first-order valence-electron chi connectivity index (χ1n) is 4.25. The molecule has 0 unspecified atom stereocenters. The van der Waals surface area contributed by atoms with E-state index in [1.54, 1.807) is 0 Å². The molecule has 3 nitrogen and oxygen atoms in total. The molecule has 0 fully saturated rings. The largest absolute Gasteiger partial charge is 0.296 e. The molecule has 0 aromatic carbocycles. The lowest BCUT2D eigenvalue weighted by Gasteiger charge is -1.99. The molecule has 14 heavy (non-hydrogen) atoms. The van der Waals surface area contributed by atoms with E-state index in [4.69, 9.17) is 0 Å². The van der Waals surface area contributed by atoms with Gasteiger partial charge in [0.2, 0.25) is 0 Å². The number of rotatable bonds is 1.